The van der Waals surface area contributed by atoms with Gasteiger partial charge in [0.25, 0.3) is 11.8 Å². The van der Waals surface area contributed by atoms with Crippen LogP contribution in [0.15, 0.2) is 77.3 Å². The summed E-state index contributed by atoms with van der Waals surface area (Å²) in [5.74, 6) is -0.559. The van der Waals surface area contributed by atoms with Crippen molar-refractivity contribution in [1.29, 1.82) is 0 Å². The molecule has 10 heteroatoms. The van der Waals surface area contributed by atoms with Crippen LogP contribution in [0.4, 0.5) is 5.69 Å². The van der Waals surface area contributed by atoms with Crippen LogP contribution < -0.4 is 15.0 Å². The quantitative estimate of drug-likeness (QED) is 0.0901. The molecule has 0 atom stereocenters. The van der Waals surface area contributed by atoms with E-state index in [0.29, 0.717) is 28.8 Å². The summed E-state index contributed by atoms with van der Waals surface area (Å²) in [5.41, 5.74) is 2.67. The van der Waals surface area contributed by atoms with Crippen LogP contribution in [0.5, 0.6) is 5.75 Å². The third-order valence-electron chi connectivity index (χ3n) is 5.39. The minimum Gasteiger partial charge on any atom is -0.487 e. The van der Waals surface area contributed by atoms with E-state index in [4.69, 9.17) is 40.2 Å². The lowest BCUT2D eigenvalue weighted by atomic mass is 10.0. The van der Waals surface area contributed by atoms with Crippen LogP contribution in [0.2, 0.25) is 10.0 Å². The minimum atomic E-state index is -0.613. The molecule has 1 saturated heterocycles. The monoisotopic (exact) mass is 726 g/mol. The predicted molar refractivity (Wildman–Crippen MR) is 164 cm³/mol. The highest BCUT2D eigenvalue weighted by Gasteiger charge is 2.35. The van der Waals surface area contributed by atoms with Gasteiger partial charge in [-0.05, 0) is 116 Å². The molecule has 2 amide bonds. The van der Waals surface area contributed by atoms with Crippen LogP contribution in [0.25, 0.3) is 6.08 Å². The van der Waals surface area contributed by atoms with Crippen LogP contribution in [0.1, 0.15) is 16.7 Å². The number of benzene rings is 3. The van der Waals surface area contributed by atoms with Crippen molar-refractivity contribution in [2.24, 2.45) is 0 Å². The van der Waals surface area contributed by atoms with Gasteiger partial charge < -0.3 is 4.74 Å². The van der Waals surface area contributed by atoms with Gasteiger partial charge in [0.1, 0.15) is 17.9 Å². The Morgan fingerprint density at radius 3 is 2.57 bits per heavy atom. The van der Waals surface area contributed by atoms with Crippen LogP contribution >= 0.6 is 73.9 Å². The largest absolute Gasteiger partial charge is 0.487 e. The van der Waals surface area contributed by atoms with Crippen molar-refractivity contribution in [3.8, 4) is 5.75 Å². The lowest BCUT2D eigenvalue weighted by molar-refractivity contribution is -0.122. The van der Waals surface area contributed by atoms with E-state index < -0.39 is 11.8 Å². The van der Waals surface area contributed by atoms with Crippen LogP contribution in [0.3, 0.4) is 0 Å². The zero-order chi connectivity index (χ0) is 26.7. The van der Waals surface area contributed by atoms with Gasteiger partial charge in [-0.15, -0.1) is 6.58 Å². The summed E-state index contributed by atoms with van der Waals surface area (Å²) in [4.78, 5) is 27.3. The average Bonchev–Trinajstić information content (AvgIpc) is 2.85. The number of nitrogens with zero attached hydrogens (tertiary/aromatic N) is 1. The smallest absolute Gasteiger partial charge is 0.270 e. The van der Waals surface area contributed by atoms with Crippen molar-refractivity contribution in [1.82, 2.24) is 5.32 Å². The van der Waals surface area contributed by atoms with E-state index >= 15 is 0 Å². The van der Waals surface area contributed by atoms with E-state index in [0.717, 1.165) is 19.6 Å². The zero-order valence-electron chi connectivity index (χ0n) is 19.1. The summed E-state index contributed by atoms with van der Waals surface area (Å²) in [6.07, 6.45) is 3.79. The molecule has 0 aromatic heterocycles. The fraction of sp³-hybridized carbons (Fsp3) is 0.0741. The number of carbonyl (C=O) groups is 2. The normalized spacial score (nSPS) is 14.6. The molecule has 1 fully saturated rings. The molecule has 188 valence electrons. The summed E-state index contributed by atoms with van der Waals surface area (Å²) in [7, 11) is 0. The Bertz CT molecular complexity index is 1460. The zero-order valence-corrected chi connectivity index (χ0v) is 25.1. The van der Waals surface area contributed by atoms with Gasteiger partial charge in [0.2, 0.25) is 0 Å². The van der Waals surface area contributed by atoms with E-state index in [2.05, 4.69) is 50.4 Å². The summed E-state index contributed by atoms with van der Waals surface area (Å²) in [6, 6.07) is 16.5. The third-order valence-corrected chi connectivity index (χ3v) is 7.79. The number of thiocarbonyl (C=S) groups is 1. The van der Waals surface area contributed by atoms with Gasteiger partial charge in [-0.3, -0.25) is 19.8 Å². The Labute approximate surface area is 251 Å². The number of hydrogen-bond acceptors (Lipinski definition) is 4. The maximum Gasteiger partial charge on any atom is 0.270 e. The Morgan fingerprint density at radius 2 is 1.86 bits per heavy atom. The Balaban J connectivity index is 1.68. The molecule has 3 aromatic carbocycles. The number of hydrogen-bond donors (Lipinski definition) is 1. The molecule has 0 aliphatic carbocycles. The van der Waals surface area contributed by atoms with E-state index in [1.807, 2.05) is 30.3 Å². The molecule has 37 heavy (non-hydrogen) atoms. The number of amides is 2. The van der Waals surface area contributed by atoms with E-state index in [1.165, 1.54) is 6.08 Å². The number of rotatable bonds is 7. The molecular weight excluding hydrogens is 710 g/mol. The van der Waals surface area contributed by atoms with Gasteiger partial charge >= 0.3 is 0 Å². The minimum absolute atomic E-state index is 0.0795. The molecule has 3 aromatic rings. The van der Waals surface area contributed by atoms with E-state index in [9.17, 15) is 9.59 Å². The second-order valence-electron chi connectivity index (χ2n) is 7.93. The fourth-order valence-corrected chi connectivity index (χ4v) is 5.32. The molecule has 0 unspecified atom stereocenters. The second kappa shape index (κ2) is 12.1. The molecule has 4 rings (SSSR count). The highest BCUT2D eigenvalue weighted by Crippen LogP contribution is 2.36. The molecule has 1 heterocycles. The van der Waals surface area contributed by atoms with Gasteiger partial charge in [-0.1, -0.05) is 47.5 Å². The highest BCUT2D eigenvalue weighted by molar-refractivity contribution is 14.1. The topological polar surface area (TPSA) is 58.6 Å². The lowest BCUT2D eigenvalue weighted by Crippen LogP contribution is -2.54. The van der Waals surface area contributed by atoms with Gasteiger partial charge in [0.05, 0.1) is 20.2 Å². The Morgan fingerprint density at radius 1 is 1.14 bits per heavy atom. The molecule has 5 nitrogen and oxygen atoms in total. The third kappa shape index (κ3) is 6.26. The molecular formula is C27H18BrCl2IN2O3S. The lowest BCUT2D eigenvalue weighted by Gasteiger charge is -2.29. The predicted octanol–water partition coefficient (Wildman–Crippen LogP) is 7.50. The molecule has 0 bridgehead atoms. The summed E-state index contributed by atoms with van der Waals surface area (Å²) in [5, 5.41) is 2.89. The van der Waals surface area contributed by atoms with Crippen LogP contribution in [-0.4, -0.2) is 16.9 Å². The van der Waals surface area contributed by atoms with Crippen molar-refractivity contribution < 1.29 is 14.3 Å². The van der Waals surface area contributed by atoms with Crippen LogP contribution in [0, 0.1) is 3.57 Å². The first-order valence-electron chi connectivity index (χ1n) is 10.9. The Hall–Kier alpha value is -2.24. The number of halogens is 4. The SMILES string of the molecule is C=CCc1cc(/C=C2\C(=O)NC(=S)N(c3cccc(Cl)c3Cl)C2=O)cc(Br)c1OCc1ccc(I)cc1. The number of nitrogens with one attached hydrogen (secondary N) is 1. The first-order valence-corrected chi connectivity index (χ1v) is 13.9. The number of allylic oxidation sites excluding steroid dienone is 1. The van der Waals surface area contributed by atoms with Gasteiger partial charge in [0, 0.05) is 3.57 Å². The summed E-state index contributed by atoms with van der Waals surface area (Å²) < 4.78 is 7.95. The van der Waals surface area contributed by atoms with Crippen molar-refractivity contribution in [3.63, 3.8) is 0 Å². The van der Waals surface area contributed by atoms with Crippen molar-refractivity contribution in [2.75, 3.05) is 4.90 Å². The first-order chi connectivity index (χ1) is 17.7. The van der Waals surface area contributed by atoms with E-state index in [1.54, 1.807) is 30.3 Å². The van der Waals surface area contributed by atoms with Crippen molar-refractivity contribution in [2.45, 2.75) is 13.0 Å². The molecule has 1 N–H and O–H groups in total. The molecule has 0 radical (unpaired) electrons. The first kappa shape index (κ1) is 27.8. The molecule has 1 aliphatic heterocycles. The van der Waals surface area contributed by atoms with Gasteiger partial charge in [-0.2, -0.15) is 0 Å². The Kier molecular flexibility index (Phi) is 9.07. The maximum absolute atomic E-state index is 13.4. The highest BCUT2D eigenvalue weighted by atomic mass is 127. The summed E-state index contributed by atoms with van der Waals surface area (Å²) in [6.45, 7) is 4.22. The fourth-order valence-electron chi connectivity index (χ4n) is 3.67. The standard InChI is InChI=1S/C27H18BrCl2IN2O3S/c1-2-4-17-11-16(13-20(28)24(17)36-14-15-7-9-18(31)10-8-15)12-19-25(34)32-27(37)33(26(19)35)22-6-3-5-21(29)23(22)30/h2-3,5-13H,1,4,14H2,(H,32,34,37)/b19-12+. The summed E-state index contributed by atoms with van der Waals surface area (Å²) >= 11 is 23.6. The molecule has 0 saturated carbocycles. The number of ether oxygens (including phenoxy) is 1. The number of carbonyl (C=O) groups excluding carboxylic acids is 2. The molecule has 0 spiro atoms. The second-order valence-corrected chi connectivity index (χ2v) is 11.2. The van der Waals surface area contributed by atoms with Gasteiger partial charge in [0.15, 0.2) is 5.11 Å². The maximum atomic E-state index is 13.4. The van der Waals surface area contributed by atoms with Crippen molar-refractivity contribution >= 4 is 103 Å². The average molecular weight is 728 g/mol. The van der Waals surface area contributed by atoms with Crippen LogP contribution in [-0.2, 0) is 22.6 Å². The number of anilines is 1. The van der Waals surface area contributed by atoms with Gasteiger partial charge in [-0.25, -0.2) is 0 Å². The van der Waals surface area contributed by atoms with E-state index in [-0.39, 0.29) is 26.4 Å². The molecule has 1 aliphatic rings. The van der Waals surface area contributed by atoms with Crippen molar-refractivity contribution in [3.05, 3.63) is 108 Å².